The molecule has 2 fully saturated rings. The number of carbonyl (C=O) groups is 1. The van der Waals surface area contributed by atoms with Gasteiger partial charge in [0, 0.05) is 42.7 Å². The lowest BCUT2D eigenvalue weighted by molar-refractivity contribution is -0.116. The van der Waals surface area contributed by atoms with Gasteiger partial charge in [-0.05, 0) is 56.6 Å². The van der Waals surface area contributed by atoms with Crippen LogP contribution < -0.4 is 15.4 Å². The van der Waals surface area contributed by atoms with Crippen molar-refractivity contribution in [2.75, 3.05) is 49.6 Å². The first-order valence-corrected chi connectivity index (χ1v) is 10.4. The molecule has 0 bridgehead atoms. The molecule has 6 heteroatoms. The molecule has 0 aromatic heterocycles. The van der Waals surface area contributed by atoms with Gasteiger partial charge in [-0.3, -0.25) is 9.69 Å². The van der Waals surface area contributed by atoms with Gasteiger partial charge >= 0.3 is 0 Å². The molecule has 0 radical (unpaired) electrons. The van der Waals surface area contributed by atoms with Crippen molar-refractivity contribution in [1.82, 2.24) is 10.2 Å². The van der Waals surface area contributed by atoms with Crippen LogP contribution in [0.4, 0.5) is 5.69 Å². The number of hydrogen-bond acceptors (Lipinski definition) is 5. The van der Waals surface area contributed by atoms with Crippen LogP contribution in [0.5, 0.6) is 5.75 Å². The minimum absolute atomic E-state index is 0.0714. The van der Waals surface area contributed by atoms with E-state index in [1.807, 2.05) is 36.9 Å². The van der Waals surface area contributed by atoms with Crippen molar-refractivity contribution in [3.8, 4) is 5.75 Å². The van der Waals surface area contributed by atoms with Crippen molar-refractivity contribution in [1.29, 1.82) is 0 Å². The highest BCUT2D eigenvalue weighted by Crippen LogP contribution is 2.22. The highest BCUT2D eigenvalue weighted by Gasteiger charge is 2.17. The van der Waals surface area contributed by atoms with Crippen molar-refractivity contribution in [2.24, 2.45) is 0 Å². The Morgan fingerprint density at radius 1 is 1.40 bits per heavy atom. The van der Waals surface area contributed by atoms with Crippen LogP contribution in [0, 0.1) is 6.92 Å². The van der Waals surface area contributed by atoms with E-state index < -0.39 is 0 Å². The monoisotopic (exact) mass is 363 g/mol. The van der Waals surface area contributed by atoms with Gasteiger partial charge in [0.25, 0.3) is 0 Å². The average molecular weight is 364 g/mol. The largest absolute Gasteiger partial charge is 0.492 e. The Labute approximate surface area is 154 Å². The Kier molecular flexibility index (Phi) is 7.02. The van der Waals surface area contributed by atoms with E-state index in [1.165, 1.54) is 25.9 Å². The average Bonchev–Trinajstić information content (AvgIpc) is 3.11. The van der Waals surface area contributed by atoms with Crippen LogP contribution in [-0.4, -0.2) is 61.1 Å². The molecule has 1 amide bonds. The second-order valence-corrected chi connectivity index (χ2v) is 8.01. The lowest BCUT2D eigenvalue weighted by atomic mass is 10.2. The Balaban J connectivity index is 1.44. The summed E-state index contributed by atoms with van der Waals surface area (Å²) in [5, 5.41) is 6.40. The van der Waals surface area contributed by atoms with Gasteiger partial charge in [-0.1, -0.05) is 0 Å². The number of nitrogens with zero attached hydrogens (tertiary/aromatic N) is 1. The maximum atomic E-state index is 12.2. The number of benzene rings is 1. The number of hydrogen-bond donors (Lipinski definition) is 2. The summed E-state index contributed by atoms with van der Waals surface area (Å²) in [6.45, 7) is 7.12. The Morgan fingerprint density at radius 3 is 2.96 bits per heavy atom. The first-order valence-electron chi connectivity index (χ1n) is 9.27. The number of amides is 1. The molecule has 1 aromatic carbocycles. The fourth-order valence-electron chi connectivity index (χ4n) is 3.37. The Morgan fingerprint density at radius 2 is 2.24 bits per heavy atom. The van der Waals surface area contributed by atoms with Crippen molar-refractivity contribution >= 4 is 23.4 Å². The molecule has 0 spiro atoms. The zero-order valence-corrected chi connectivity index (χ0v) is 15.9. The molecule has 2 heterocycles. The number of rotatable bonds is 7. The molecule has 1 aromatic rings. The van der Waals surface area contributed by atoms with Crippen molar-refractivity contribution in [2.45, 2.75) is 32.2 Å². The van der Waals surface area contributed by atoms with Crippen LogP contribution in [0.2, 0.25) is 0 Å². The first kappa shape index (κ1) is 18.5. The van der Waals surface area contributed by atoms with E-state index >= 15 is 0 Å². The zero-order valence-electron chi connectivity index (χ0n) is 15.1. The van der Waals surface area contributed by atoms with Crippen LogP contribution in [0.25, 0.3) is 0 Å². The second kappa shape index (κ2) is 9.46. The van der Waals surface area contributed by atoms with Gasteiger partial charge in [0.1, 0.15) is 12.4 Å². The zero-order chi connectivity index (χ0) is 17.5. The Hall–Kier alpha value is -1.24. The fraction of sp³-hybridized carbons (Fsp3) is 0.632. The van der Waals surface area contributed by atoms with Gasteiger partial charge in [-0.25, -0.2) is 0 Å². The minimum atomic E-state index is 0.0714. The third kappa shape index (κ3) is 5.90. The summed E-state index contributed by atoms with van der Waals surface area (Å²) >= 11 is 1.91. The van der Waals surface area contributed by atoms with Crippen molar-refractivity contribution in [3.63, 3.8) is 0 Å². The summed E-state index contributed by atoms with van der Waals surface area (Å²) in [6.07, 6.45) is 3.14. The van der Waals surface area contributed by atoms with Gasteiger partial charge < -0.3 is 15.4 Å². The normalized spacial score (nSPS) is 21.2. The topological polar surface area (TPSA) is 53.6 Å². The van der Waals surface area contributed by atoms with Crippen LogP contribution in [-0.2, 0) is 4.79 Å². The van der Waals surface area contributed by atoms with E-state index in [0.717, 1.165) is 48.2 Å². The Bertz CT molecular complexity index is 570. The molecular weight excluding hydrogens is 334 g/mol. The van der Waals surface area contributed by atoms with E-state index in [4.69, 9.17) is 4.74 Å². The van der Waals surface area contributed by atoms with Crippen LogP contribution in [0.1, 0.15) is 24.8 Å². The number of carbonyl (C=O) groups excluding carboxylic acids is 1. The summed E-state index contributed by atoms with van der Waals surface area (Å²) in [4.78, 5) is 14.6. The van der Waals surface area contributed by atoms with E-state index in [-0.39, 0.29) is 11.9 Å². The predicted molar refractivity (Wildman–Crippen MR) is 105 cm³/mol. The molecule has 2 N–H and O–H groups in total. The number of anilines is 1. The molecular formula is C19H29N3O2S. The second-order valence-electron chi connectivity index (χ2n) is 6.86. The number of likely N-dealkylation sites (tertiary alicyclic amines) is 1. The highest BCUT2D eigenvalue weighted by atomic mass is 32.2. The smallest absolute Gasteiger partial charge is 0.225 e. The van der Waals surface area contributed by atoms with Gasteiger partial charge in [-0.15, -0.1) is 0 Å². The summed E-state index contributed by atoms with van der Waals surface area (Å²) in [7, 11) is 0. The van der Waals surface area contributed by atoms with Gasteiger partial charge in [0.15, 0.2) is 0 Å². The van der Waals surface area contributed by atoms with Crippen LogP contribution in [0.3, 0.4) is 0 Å². The first-order chi connectivity index (χ1) is 12.2. The molecule has 1 atom stereocenters. The fourth-order valence-corrected chi connectivity index (χ4v) is 4.32. The molecule has 0 saturated carbocycles. The minimum Gasteiger partial charge on any atom is -0.492 e. The highest BCUT2D eigenvalue weighted by molar-refractivity contribution is 7.99. The van der Waals surface area contributed by atoms with E-state index in [9.17, 15) is 4.79 Å². The van der Waals surface area contributed by atoms with Gasteiger partial charge in [0.2, 0.25) is 5.91 Å². The molecule has 2 aliphatic heterocycles. The molecule has 5 nitrogen and oxygen atoms in total. The quantitative estimate of drug-likeness (QED) is 0.780. The summed E-state index contributed by atoms with van der Waals surface area (Å²) in [5.41, 5.74) is 1.91. The molecule has 138 valence electrons. The SMILES string of the molecule is Cc1cc(NC(=O)CC2CSCCN2)ccc1OCCN1CCCC1. The summed E-state index contributed by atoms with van der Waals surface area (Å²) in [6, 6.07) is 6.17. The molecule has 2 saturated heterocycles. The molecule has 3 rings (SSSR count). The van der Waals surface area contributed by atoms with Gasteiger partial charge in [-0.2, -0.15) is 11.8 Å². The molecule has 2 aliphatic rings. The van der Waals surface area contributed by atoms with E-state index in [0.29, 0.717) is 6.42 Å². The summed E-state index contributed by atoms with van der Waals surface area (Å²) in [5.74, 6) is 3.12. The van der Waals surface area contributed by atoms with Crippen LogP contribution >= 0.6 is 11.8 Å². The third-order valence-corrected chi connectivity index (χ3v) is 5.88. The number of aryl methyl sites for hydroxylation is 1. The lowest BCUT2D eigenvalue weighted by Gasteiger charge is -2.22. The number of ether oxygens (including phenoxy) is 1. The number of thioether (sulfide) groups is 1. The predicted octanol–water partition coefficient (Wildman–Crippen LogP) is 2.50. The van der Waals surface area contributed by atoms with Crippen LogP contribution in [0.15, 0.2) is 18.2 Å². The third-order valence-electron chi connectivity index (χ3n) is 4.75. The molecule has 1 unspecified atom stereocenters. The van der Waals surface area contributed by atoms with Crippen molar-refractivity contribution < 1.29 is 9.53 Å². The number of nitrogens with one attached hydrogen (secondary N) is 2. The maximum absolute atomic E-state index is 12.2. The van der Waals surface area contributed by atoms with E-state index in [1.54, 1.807) is 0 Å². The maximum Gasteiger partial charge on any atom is 0.225 e. The van der Waals surface area contributed by atoms with Crippen molar-refractivity contribution in [3.05, 3.63) is 23.8 Å². The summed E-state index contributed by atoms with van der Waals surface area (Å²) < 4.78 is 5.91. The van der Waals surface area contributed by atoms with E-state index in [2.05, 4.69) is 15.5 Å². The molecule has 0 aliphatic carbocycles. The lowest BCUT2D eigenvalue weighted by Crippen LogP contribution is -2.39. The molecule has 25 heavy (non-hydrogen) atoms. The standard InChI is InChI=1S/C19H29N3O2S/c1-15-12-16(21-19(23)13-17-14-25-11-6-20-17)4-5-18(15)24-10-9-22-7-2-3-8-22/h4-5,12,17,20H,2-3,6-11,13-14H2,1H3,(H,21,23). The van der Waals surface area contributed by atoms with Gasteiger partial charge in [0.05, 0.1) is 0 Å².